The maximum absolute atomic E-state index is 9.48. The van der Waals surface area contributed by atoms with Gasteiger partial charge in [0.2, 0.25) is 0 Å². The minimum absolute atomic E-state index is 0.119. The number of rotatable bonds is 0. The van der Waals surface area contributed by atoms with Crippen LogP contribution in [-0.4, -0.2) is 4.98 Å². The predicted octanol–water partition coefficient (Wildman–Crippen LogP) is 5.46. The Balaban J connectivity index is 2.05. The van der Waals surface area contributed by atoms with Gasteiger partial charge in [0.15, 0.2) is 11.2 Å². The van der Waals surface area contributed by atoms with Crippen LogP contribution >= 0.6 is 0 Å². The third-order valence-corrected chi connectivity index (χ3v) is 5.80. The Morgan fingerprint density at radius 2 is 1.83 bits per heavy atom. The number of nitriles is 1. The van der Waals surface area contributed by atoms with Crippen molar-refractivity contribution in [2.45, 2.75) is 33.1 Å². The number of benzene rings is 3. The van der Waals surface area contributed by atoms with Crippen LogP contribution in [-0.2, 0) is 12.5 Å². The van der Waals surface area contributed by atoms with Crippen LogP contribution in [0.3, 0.4) is 0 Å². The number of hydrogen-bond acceptors (Lipinski definition) is 3. The number of hydrogen-bond donors (Lipinski definition) is 0. The fourth-order valence-electron chi connectivity index (χ4n) is 4.59. The monoisotopic (exact) mass is 380 g/mol. The van der Waals surface area contributed by atoms with Crippen molar-refractivity contribution in [3.05, 3.63) is 59.4 Å². The maximum atomic E-state index is 9.48. The van der Waals surface area contributed by atoms with Crippen LogP contribution in [0.15, 0.2) is 42.7 Å². The van der Waals surface area contributed by atoms with Crippen molar-refractivity contribution < 1.29 is 9.30 Å². The second kappa shape index (κ2) is 5.78. The number of nitrogens with zero attached hydrogens (tertiary/aromatic N) is 3. The minimum Gasteiger partial charge on any atom is -0.455 e. The van der Waals surface area contributed by atoms with Crippen molar-refractivity contribution in [2.24, 2.45) is 7.05 Å². The summed E-state index contributed by atoms with van der Waals surface area (Å²) in [5.74, 6) is 1.59. The van der Waals surface area contributed by atoms with Crippen LogP contribution in [0.1, 0.15) is 37.5 Å². The number of aromatic nitrogens is 2. The van der Waals surface area contributed by atoms with E-state index in [-0.39, 0.29) is 5.41 Å². The summed E-state index contributed by atoms with van der Waals surface area (Å²) in [7, 11) is 2.02. The molecule has 0 amide bonds. The molecule has 5 rings (SSSR count). The smallest absolute Gasteiger partial charge is 0.287 e. The molecule has 0 N–H and O–H groups in total. The molecular weight excluding hydrogens is 358 g/mol. The van der Waals surface area contributed by atoms with Crippen molar-refractivity contribution in [1.29, 1.82) is 5.26 Å². The molecule has 0 aliphatic carbocycles. The lowest BCUT2D eigenvalue weighted by Gasteiger charge is -2.30. The average Bonchev–Trinajstić information content (AvgIpc) is 2.68. The molecule has 4 nitrogen and oxygen atoms in total. The van der Waals surface area contributed by atoms with Gasteiger partial charge >= 0.3 is 0 Å². The van der Waals surface area contributed by atoms with E-state index in [1.54, 1.807) is 0 Å². The molecule has 1 aromatic heterocycles. The topological polar surface area (TPSA) is 49.8 Å². The van der Waals surface area contributed by atoms with Crippen molar-refractivity contribution in [3.63, 3.8) is 0 Å². The van der Waals surface area contributed by atoms with Gasteiger partial charge in [-0.15, -0.1) is 0 Å². The van der Waals surface area contributed by atoms with E-state index in [1.807, 2.05) is 25.5 Å². The van der Waals surface area contributed by atoms with E-state index in [4.69, 9.17) is 4.74 Å². The maximum Gasteiger partial charge on any atom is 0.287 e. The van der Waals surface area contributed by atoms with Crippen LogP contribution in [0.4, 0.5) is 0 Å². The average molecular weight is 380 g/mol. The first-order valence-corrected chi connectivity index (χ1v) is 9.77. The van der Waals surface area contributed by atoms with Gasteiger partial charge in [0.05, 0.1) is 24.2 Å². The SMILES string of the molecule is Cc1c2c(c(C(C)(C)C)c3ccccc13)Oc1cc(C#N)cc3nc[n+](C)c-2c13. The largest absolute Gasteiger partial charge is 0.455 e. The van der Waals surface area contributed by atoms with E-state index < -0.39 is 0 Å². The van der Waals surface area contributed by atoms with Crippen LogP contribution in [0.5, 0.6) is 11.5 Å². The predicted molar refractivity (Wildman–Crippen MR) is 114 cm³/mol. The zero-order chi connectivity index (χ0) is 20.5. The minimum atomic E-state index is -0.119. The molecule has 1 aliphatic rings. The van der Waals surface area contributed by atoms with Crippen LogP contribution in [0.2, 0.25) is 0 Å². The molecule has 142 valence electrons. The molecule has 4 aromatic rings. The van der Waals surface area contributed by atoms with Crippen molar-refractivity contribution in [1.82, 2.24) is 4.98 Å². The Labute approximate surface area is 170 Å². The number of fused-ring (bicyclic) bond motifs is 3. The summed E-state index contributed by atoms with van der Waals surface area (Å²) in [5.41, 5.74) is 5.80. The van der Waals surface area contributed by atoms with E-state index in [0.29, 0.717) is 11.3 Å². The summed E-state index contributed by atoms with van der Waals surface area (Å²) >= 11 is 0. The molecule has 29 heavy (non-hydrogen) atoms. The summed E-state index contributed by atoms with van der Waals surface area (Å²) < 4.78 is 8.65. The Bertz CT molecular complexity index is 1390. The van der Waals surface area contributed by atoms with E-state index in [2.05, 4.69) is 67.6 Å². The van der Waals surface area contributed by atoms with E-state index >= 15 is 0 Å². The molecule has 0 spiro atoms. The van der Waals surface area contributed by atoms with E-state index in [1.165, 1.54) is 21.9 Å². The third-order valence-electron chi connectivity index (χ3n) is 5.80. The molecule has 2 heterocycles. The molecule has 4 heteroatoms. The molecule has 0 radical (unpaired) electrons. The van der Waals surface area contributed by atoms with Gasteiger partial charge in [-0.3, -0.25) is 0 Å². The summed E-state index contributed by atoms with van der Waals surface area (Å²) in [6, 6.07) is 14.4. The van der Waals surface area contributed by atoms with Gasteiger partial charge in [0.25, 0.3) is 6.33 Å². The molecule has 1 aliphatic heterocycles. The Kier molecular flexibility index (Phi) is 3.51. The Morgan fingerprint density at radius 1 is 1.10 bits per heavy atom. The summed E-state index contributed by atoms with van der Waals surface area (Å²) in [6.45, 7) is 8.82. The van der Waals surface area contributed by atoms with Crippen LogP contribution in [0, 0.1) is 18.3 Å². The van der Waals surface area contributed by atoms with Crippen molar-refractivity contribution in [2.75, 3.05) is 0 Å². The second-order valence-electron chi connectivity index (χ2n) is 8.79. The highest BCUT2D eigenvalue weighted by Gasteiger charge is 2.35. The molecule has 0 atom stereocenters. The zero-order valence-corrected chi connectivity index (χ0v) is 17.3. The molecular formula is C25H22N3O+. The first-order chi connectivity index (χ1) is 13.8. The highest BCUT2D eigenvalue weighted by molar-refractivity contribution is 6.06. The highest BCUT2D eigenvalue weighted by Crippen LogP contribution is 2.52. The molecule has 0 saturated carbocycles. The normalized spacial score (nSPS) is 12.6. The lowest BCUT2D eigenvalue weighted by Crippen LogP contribution is -2.33. The van der Waals surface area contributed by atoms with Gasteiger partial charge in [0.1, 0.15) is 16.9 Å². The fraction of sp³-hybridized carbons (Fsp3) is 0.240. The standard InChI is InChI=1S/C25H22N3O/c1-14-16-8-6-7-9-17(16)22(25(2,3)4)24-20(14)23-21-18(27-13-28(23)5)10-15(12-26)11-19(21)29-24/h6-11,13H,1-5H3/q+1. The summed E-state index contributed by atoms with van der Waals surface area (Å²) in [4.78, 5) is 4.56. The van der Waals surface area contributed by atoms with Gasteiger partial charge in [0, 0.05) is 11.6 Å². The van der Waals surface area contributed by atoms with Gasteiger partial charge in [-0.1, -0.05) is 45.0 Å². The van der Waals surface area contributed by atoms with Crippen molar-refractivity contribution >= 4 is 21.7 Å². The highest BCUT2D eigenvalue weighted by atomic mass is 16.5. The first-order valence-electron chi connectivity index (χ1n) is 9.77. The van der Waals surface area contributed by atoms with Gasteiger partial charge in [-0.05, 0) is 39.7 Å². The summed E-state index contributed by atoms with van der Waals surface area (Å²) in [5, 5.41) is 12.9. The molecule has 3 aromatic carbocycles. The second-order valence-corrected chi connectivity index (χ2v) is 8.79. The molecule has 0 bridgehead atoms. The van der Waals surface area contributed by atoms with Gasteiger partial charge in [-0.25, -0.2) is 4.57 Å². The first kappa shape index (κ1) is 17.6. The van der Waals surface area contributed by atoms with Gasteiger partial charge in [-0.2, -0.15) is 5.26 Å². The zero-order valence-electron chi connectivity index (χ0n) is 17.3. The van der Waals surface area contributed by atoms with E-state index in [0.717, 1.165) is 27.9 Å². The lowest BCUT2D eigenvalue weighted by molar-refractivity contribution is -0.662. The van der Waals surface area contributed by atoms with Crippen LogP contribution < -0.4 is 9.30 Å². The number of aryl methyl sites for hydroxylation is 2. The Morgan fingerprint density at radius 3 is 2.52 bits per heavy atom. The number of ether oxygens (including phenoxy) is 1. The molecule has 0 unspecified atom stereocenters. The van der Waals surface area contributed by atoms with Crippen LogP contribution in [0.25, 0.3) is 32.9 Å². The summed E-state index contributed by atoms with van der Waals surface area (Å²) in [6.07, 6.45) is 1.82. The Hall–Kier alpha value is -3.45. The van der Waals surface area contributed by atoms with E-state index in [9.17, 15) is 5.26 Å². The van der Waals surface area contributed by atoms with Crippen molar-refractivity contribution in [3.8, 4) is 28.8 Å². The lowest BCUT2D eigenvalue weighted by atomic mass is 9.78. The molecule has 0 fully saturated rings. The quantitative estimate of drug-likeness (QED) is 0.335. The fourth-order valence-corrected chi connectivity index (χ4v) is 4.59. The van der Waals surface area contributed by atoms with Gasteiger partial charge < -0.3 is 4.74 Å². The third kappa shape index (κ3) is 2.37. The molecule has 0 saturated heterocycles.